The standard InChI is InChI=1S/C16H14Cl2N2O/c1-9(2)13-6-12(8-20-10(13)3)21-16-14(17)5-4-11(7-19)15(16)18/h4-6,8-9H,1-3H3. The summed E-state index contributed by atoms with van der Waals surface area (Å²) >= 11 is 12.2. The van der Waals surface area contributed by atoms with Crippen molar-refractivity contribution in [1.29, 1.82) is 5.26 Å². The number of hydrogen-bond donors (Lipinski definition) is 0. The van der Waals surface area contributed by atoms with Gasteiger partial charge in [-0.1, -0.05) is 37.0 Å². The summed E-state index contributed by atoms with van der Waals surface area (Å²) in [5.41, 5.74) is 2.37. The van der Waals surface area contributed by atoms with Crippen LogP contribution < -0.4 is 4.74 Å². The lowest BCUT2D eigenvalue weighted by atomic mass is 10.0. The van der Waals surface area contributed by atoms with Crippen molar-refractivity contribution in [2.24, 2.45) is 0 Å². The molecule has 108 valence electrons. The molecule has 0 atom stereocenters. The molecular weight excluding hydrogens is 307 g/mol. The maximum atomic E-state index is 9.01. The van der Waals surface area contributed by atoms with Gasteiger partial charge in [0.25, 0.3) is 0 Å². The molecule has 5 heteroatoms. The summed E-state index contributed by atoms with van der Waals surface area (Å²) in [6.07, 6.45) is 1.62. The van der Waals surface area contributed by atoms with Gasteiger partial charge >= 0.3 is 0 Å². The Labute approximate surface area is 134 Å². The molecule has 1 aromatic heterocycles. The van der Waals surface area contributed by atoms with Crippen LogP contribution in [0.1, 0.15) is 36.6 Å². The zero-order chi connectivity index (χ0) is 15.6. The smallest absolute Gasteiger partial charge is 0.166 e. The zero-order valence-electron chi connectivity index (χ0n) is 11.9. The molecule has 3 nitrogen and oxygen atoms in total. The number of nitriles is 1. The lowest BCUT2D eigenvalue weighted by molar-refractivity contribution is 0.479. The van der Waals surface area contributed by atoms with E-state index in [9.17, 15) is 0 Å². The molecule has 0 N–H and O–H groups in total. The summed E-state index contributed by atoms with van der Waals surface area (Å²) in [7, 11) is 0. The number of aromatic nitrogens is 1. The average molecular weight is 321 g/mol. The Morgan fingerprint density at radius 3 is 2.62 bits per heavy atom. The van der Waals surface area contributed by atoms with Crippen LogP contribution >= 0.6 is 23.2 Å². The molecule has 1 heterocycles. The number of benzene rings is 1. The molecular formula is C16H14Cl2N2O. The van der Waals surface area contributed by atoms with Gasteiger partial charge in [-0.3, -0.25) is 4.98 Å². The summed E-state index contributed by atoms with van der Waals surface area (Å²) in [6, 6.07) is 7.07. The maximum Gasteiger partial charge on any atom is 0.166 e. The van der Waals surface area contributed by atoms with Gasteiger partial charge in [0.1, 0.15) is 16.8 Å². The first-order chi connectivity index (χ1) is 9.93. The van der Waals surface area contributed by atoms with Crippen molar-refractivity contribution >= 4 is 23.2 Å². The van der Waals surface area contributed by atoms with Gasteiger partial charge in [-0.25, -0.2) is 0 Å². The quantitative estimate of drug-likeness (QED) is 0.751. The van der Waals surface area contributed by atoms with E-state index >= 15 is 0 Å². The number of hydrogen-bond acceptors (Lipinski definition) is 3. The number of aryl methyl sites for hydroxylation is 1. The number of nitrogens with zero attached hydrogens (tertiary/aromatic N) is 2. The molecule has 0 amide bonds. The number of rotatable bonds is 3. The Hall–Kier alpha value is -1.76. The Morgan fingerprint density at radius 2 is 2.00 bits per heavy atom. The lowest BCUT2D eigenvalue weighted by Gasteiger charge is -2.13. The minimum atomic E-state index is 0.205. The first kappa shape index (κ1) is 15.6. The van der Waals surface area contributed by atoms with Gasteiger partial charge in [0, 0.05) is 5.69 Å². The Bertz CT molecular complexity index is 721. The third-order valence-electron chi connectivity index (χ3n) is 3.11. The fraction of sp³-hybridized carbons (Fsp3) is 0.250. The molecule has 0 saturated carbocycles. The van der Waals surface area contributed by atoms with Crippen LogP contribution in [-0.4, -0.2) is 4.98 Å². The third kappa shape index (κ3) is 3.29. The predicted octanol–water partition coefficient (Wildman–Crippen LogP) is 5.48. The fourth-order valence-electron chi connectivity index (χ4n) is 2.00. The topological polar surface area (TPSA) is 45.9 Å². The van der Waals surface area contributed by atoms with Crippen molar-refractivity contribution in [2.45, 2.75) is 26.7 Å². The molecule has 0 bridgehead atoms. The van der Waals surface area contributed by atoms with Gasteiger partial charge in [0.15, 0.2) is 5.75 Å². The molecule has 2 rings (SSSR count). The fourth-order valence-corrected chi connectivity index (χ4v) is 2.49. The number of halogens is 2. The summed E-state index contributed by atoms with van der Waals surface area (Å²) in [4.78, 5) is 4.32. The second-order valence-electron chi connectivity index (χ2n) is 4.95. The van der Waals surface area contributed by atoms with Crippen LogP contribution in [0.3, 0.4) is 0 Å². The van der Waals surface area contributed by atoms with Gasteiger partial charge < -0.3 is 4.74 Å². The summed E-state index contributed by atoms with van der Waals surface area (Å²) < 4.78 is 5.75. The van der Waals surface area contributed by atoms with E-state index in [1.807, 2.05) is 19.1 Å². The van der Waals surface area contributed by atoms with E-state index in [4.69, 9.17) is 33.2 Å². The second kappa shape index (κ2) is 6.34. The minimum absolute atomic E-state index is 0.205. The highest BCUT2D eigenvalue weighted by atomic mass is 35.5. The molecule has 0 radical (unpaired) electrons. The van der Waals surface area contributed by atoms with Crippen LogP contribution in [0.25, 0.3) is 0 Å². The van der Waals surface area contributed by atoms with Crippen LogP contribution in [0.4, 0.5) is 0 Å². The number of ether oxygens (including phenoxy) is 1. The van der Waals surface area contributed by atoms with E-state index in [2.05, 4.69) is 18.8 Å². The van der Waals surface area contributed by atoms with Gasteiger partial charge in [0.2, 0.25) is 0 Å². The molecule has 0 unspecified atom stereocenters. The monoisotopic (exact) mass is 320 g/mol. The highest BCUT2D eigenvalue weighted by Crippen LogP contribution is 2.38. The Kier molecular flexibility index (Phi) is 4.72. The van der Waals surface area contributed by atoms with Crippen molar-refractivity contribution in [3.05, 3.63) is 51.3 Å². The molecule has 0 aliphatic heterocycles. The SMILES string of the molecule is Cc1ncc(Oc2c(Cl)ccc(C#N)c2Cl)cc1C(C)C. The number of pyridine rings is 1. The largest absolute Gasteiger partial charge is 0.453 e. The second-order valence-corrected chi connectivity index (χ2v) is 5.74. The Morgan fingerprint density at radius 1 is 1.29 bits per heavy atom. The van der Waals surface area contributed by atoms with Crippen LogP contribution in [0, 0.1) is 18.3 Å². The highest BCUT2D eigenvalue weighted by Gasteiger charge is 2.14. The van der Waals surface area contributed by atoms with Crippen LogP contribution in [-0.2, 0) is 0 Å². The first-order valence-electron chi connectivity index (χ1n) is 6.46. The van der Waals surface area contributed by atoms with Crippen molar-refractivity contribution in [1.82, 2.24) is 4.98 Å². The van der Waals surface area contributed by atoms with E-state index in [0.29, 0.717) is 22.3 Å². The highest BCUT2D eigenvalue weighted by molar-refractivity contribution is 6.37. The van der Waals surface area contributed by atoms with Crippen molar-refractivity contribution in [2.75, 3.05) is 0 Å². The van der Waals surface area contributed by atoms with Crippen LogP contribution in [0.5, 0.6) is 11.5 Å². The predicted molar refractivity (Wildman–Crippen MR) is 84.3 cm³/mol. The zero-order valence-corrected chi connectivity index (χ0v) is 13.5. The van der Waals surface area contributed by atoms with Crippen LogP contribution in [0.2, 0.25) is 10.0 Å². The van der Waals surface area contributed by atoms with E-state index in [1.165, 1.54) is 0 Å². The van der Waals surface area contributed by atoms with Crippen molar-refractivity contribution in [3.8, 4) is 17.6 Å². The normalized spacial score (nSPS) is 10.5. The van der Waals surface area contributed by atoms with Crippen LogP contribution in [0.15, 0.2) is 24.4 Å². The molecule has 0 saturated heterocycles. The van der Waals surface area contributed by atoms with Gasteiger partial charge in [-0.2, -0.15) is 5.26 Å². The molecule has 0 aliphatic carbocycles. The molecule has 0 fully saturated rings. The third-order valence-corrected chi connectivity index (χ3v) is 3.79. The molecule has 21 heavy (non-hydrogen) atoms. The maximum absolute atomic E-state index is 9.01. The van der Waals surface area contributed by atoms with E-state index in [0.717, 1.165) is 11.3 Å². The van der Waals surface area contributed by atoms with E-state index in [-0.39, 0.29) is 10.8 Å². The average Bonchev–Trinajstić information content (AvgIpc) is 2.45. The Balaban J connectivity index is 2.44. The minimum Gasteiger partial charge on any atom is -0.453 e. The lowest BCUT2D eigenvalue weighted by Crippen LogP contribution is -1.97. The van der Waals surface area contributed by atoms with Gasteiger partial charge in [0.05, 0.1) is 16.8 Å². The summed E-state index contributed by atoms with van der Waals surface area (Å²) in [6.45, 7) is 6.13. The molecule has 2 aromatic rings. The first-order valence-corrected chi connectivity index (χ1v) is 7.22. The van der Waals surface area contributed by atoms with Crippen molar-refractivity contribution < 1.29 is 4.74 Å². The summed E-state index contributed by atoms with van der Waals surface area (Å²) in [5.74, 6) is 1.15. The van der Waals surface area contributed by atoms with Gasteiger partial charge in [-0.05, 0) is 36.6 Å². The molecule has 1 aromatic carbocycles. The van der Waals surface area contributed by atoms with Crippen molar-refractivity contribution in [3.63, 3.8) is 0 Å². The van der Waals surface area contributed by atoms with E-state index < -0.39 is 0 Å². The summed E-state index contributed by atoms with van der Waals surface area (Å²) in [5, 5.41) is 9.57. The molecule has 0 spiro atoms. The van der Waals surface area contributed by atoms with E-state index in [1.54, 1.807) is 18.3 Å². The molecule has 0 aliphatic rings. The van der Waals surface area contributed by atoms with Gasteiger partial charge in [-0.15, -0.1) is 0 Å².